The largest absolute Gasteiger partial charge is 0.496 e. The molecule has 2 nitrogen and oxygen atoms in total. The zero-order valence-electron chi connectivity index (χ0n) is 11.9. The van der Waals surface area contributed by atoms with E-state index in [0.717, 1.165) is 18.7 Å². The van der Waals surface area contributed by atoms with E-state index in [9.17, 15) is 0 Å². The van der Waals surface area contributed by atoms with Gasteiger partial charge in [-0.3, -0.25) is 0 Å². The Labute approximate surface area is 123 Å². The quantitative estimate of drug-likeness (QED) is 0.845. The lowest BCUT2D eigenvalue weighted by Crippen LogP contribution is -2.22. The number of rotatable bonds is 6. The lowest BCUT2D eigenvalue weighted by atomic mass is 10.1. The van der Waals surface area contributed by atoms with Crippen LogP contribution in [0.4, 0.5) is 0 Å². The average molecular weight is 295 g/mol. The molecule has 0 spiro atoms. The Morgan fingerprint density at radius 3 is 2.68 bits per heavy atom. The number of nitrogens with one attached hydrogen (secondary N) is 1. The molecule has 2 rings (SSSR count). The molecule has 2 heterocycles. The van der Waals surface area contributed by atoms with Crippen LogP contribution in [0.25, 0.3) is 0 Å². The van der Waals surface area contributed by atoms with Crippen molar-refractivity contribution in [3.05, 3.63) is 37.7 Å². The molecule has 0 saturated heterocycles. The van der Waals surface area contributed by atoms with Gasteiger partial charge in [-0.2, -0.15) is 0 Å². The molecule has 0 aliphatic carbocycles. The molecule has 2 aromatic heterocycles. The summed E-state index contributed by atoms with van der Waals surface area (Å²) in [6.07, 6.45) is 1.13. The van der Waals surface area contributed by atoms with Crippen molar-refractivity contribution in [1.29, 1.82) is 0 Å². The van der Waals surface area contributed by atoms with Gasteiger partial charge in [0.2, 0.25) is 0 Å². The predicted octanol–water partition coefficient (Wildman–Crippen LogP) is 4.52. The molecule has 0 aliphatic heterocycles. The zero-order chi connectivity index (χ0) is 13.8. The molecular weight excluding hydrogens is 274 g/mol. The van der Waals surface area contributed by atoms with Gasteiger partial charge in [-0.1, -0.05) is 6.92 Å². The summed E-state index contributed by atoms with van der Waals surface area (Å²) in [4.78, 5) is 4.05. The van der Waals surface area contributed by atoms with Crippen molar-refractivity contribution in [2.75, 3.05) is 13.7 Å². The smallest absolute Gasteiger partial charge is 0.134 e. The van der Waals surface area contributed by atoms with Gasteiger partial charge < -0.3 is 10.1 Å². The van der Waals surface area contributed by atoms with Crippen LogP contribution in [-0.4, -0.2) is 13.7 Å². The zero-order valence-corrected chi connectivity index (χ0v) is 13.6. The monoisotopic (exact) mass is 295 g/mol. The summed E-state index contributed by atoms with van der Waals surface area (Å²) in [5.41, 5.74) is 1.37. The van der Waals surface area contributed by atoms with E-state index in [1.807, 2.05) is 11.3 Å². The van der Waals surface area contributed by atoms with Crippen LogP contribution >= 0.6 is 22.7 Å². The third kappa shape index (κ3) is 3.19. The van der Waals surface area contributed by atoms with E-state index >= 15 is 0 Å². The SMILES string of the molecule is CCCNC(c1sc(C)cc1C)c1sccc1OC. The molecule has 0 saturated carbocycles. The van der Waals surface area contributed by atoms with E-state index in [2.05, 4.69) is 43.6 Å². The molecule has 1 unspecified atom stereocenters. The van der Waals surface area contributed by atoms with E-state index in [4.69, 9.17) is 4.74 Å². The first-order valence-corrected chi connectivity index (χ1v) is 8.28. The van der Waals surface area contributed by atoms with E-state index in [0.29, 0.717) is 0 Å². The molecule has 0 bridgehead atoms. The number of hydrogen-bond donors (Lipinski definition) is 1. The fraction of sp³-hybridized carbons (Fsp3) is 0.467. The third-order valence-electron chi connectivity index (χ3n) is 3.08. The molecule has 2 aromatic rings. The van der Waals surface area contributed by atoms with Gasteiger partial charge in [-0.15, -0.1) is 22.7 Å². The Hall–Kier alpha value is -0.840. The summed E-state index contributed by atoms with van der Waals surface area (Å²) < 4.78 is 5.49. The highest BCUT2D eigenvalue weighted by atomic mass is 32.1. The maximum Gasteiger partial charge on any atom is 0.134 e. The maximum absolute atomic E-state index is 5.49. The maximum atomic E-state index is 5.49. The van der Waals surface area contributed by atoms with Gasteiger partial charge in [0.15, 0.2) is 0 Å². The fourth-order valence-corrected chi connectivity index (χ4v) is 4.37. The number of ether oxygens (including phenoxy) is 1. The summed E-state index contributed by atoms with van der Waals surface area (Å²) in [6.45, 7) is 7.58. The van der Waals surface area contributed by atoms with E-state index in [1.54, 1.807) is 18.4 Å². The molecule has 104 valence electrons. The minimum Gasteiger partial charge on any atom is -0.496 e. The average Bonchev–Trinajstić information content (AvgIpc) is 2.97. The fourth-order valence-electron chi connectivity index (χ4n) is 2.23. The normalized spacial score (nSPS) is 12.6. The predicted molar refractivity (Wildman–Crippen MR) is 84.8 cm³/mol. The molecule has 1 atom stereocenters. The van der Waals surface area contributed by atoms with Crippen molar-refractivity contribution in [1.82, 2.24) is 5.32 Å². The minimum atomic E-state index is 0.258. The van der Waals surface area contributed by atoms with Gasteiger partial charge >= 0.3 is 0 Å². The molecule has 4 heteroatoms. The van der Waals surface area contributed by atoms with Crippen LogP contribution in [0, 0.1) is 13.8 Å². The van der Waals surface area contributed by atoms with Gasteiger partial charge in [0.1, 0.15) is 5.75 Å². The molecule has 0 aliphatic rings. The van der Waals surface area contributed by atoms with Gasteiger partial charge in [0.25, 0.3) is 0 Å². The summed E-state index contributed by atoms with van der Waals surface area (Å²) in [7, 11) is 1.75. The number of thiophene rings is 2. The van der Waals surface area contributed by atoms with Gasteiger partial charge in [-0.25, -0.2) is 0 Å². The second-order valence-corrected chi connectivity index (χ2v) is 6.88. The van der Waals surface area contributed by atoms with Crippen LogP contribution in [0.1, 0.15) is 39.6 Å². The van der Waals surface area contributed by atoms with Gasteiger partial charge in [0, 0.05) is 9.75 Å². The van der Waals surface area contributed by atoms with Crippen LogP contribution in [0.15, 0.2) is 17.5 Å². The summed E-state index contributed by atoms with van der Waals surface area (Å²) >= 11 is 3.64. The minimum absolute atomic E-state index is 0.258. The molecule has 0 amide bonds. The van der Waals surface area contributed by atoms with Crippen molar-refractivity contribution in [2.24, 2.45) is 0 Å². The Bertz CT molecular complexity index is 530. The first-order chi connectivity index (χ1) is 9.17. The molecule has 0 aromatic carbocycles. The van der Waals surface area contributed by atoms with Crippen molar-refractivity contribution >= 4 is 22.7 Å². The Morgan fingerprint density at radius 2 is 2.11 bits per heavy atom. The van der Waals surface area contributed by atoms with E-state index < -0.39 is 0 Å². The van der Waals surface area contributed by atoms with Crippen LogP contribution < -0.4 is 10.1 Å². The van der Waals surface area contributed by atoms with Gasteiger partial charge in [0.05, 0.1) is 18.0 Å². The van der Waals surface area contributed by atoms with Crippen molar-refractivity contribution < 1.29 is 4.74 Å². The second kappa shape index (κ2) is 6.55. The number of hydrogen-bond acceptors (Lipinski definition) is 4. The Balaban J connectivity index is 2.38. The highest BCUT2D eigenvalue weighted by Crippen LogP contribution is 2.39. The van der Waals surface area contributed by atoms with Crippen LogP contribution in [-0.2, 0) is 0 Å². The van der Waals surface area contributed by atoms with Crippen LogP contribution in [0.3, 0.4) is 0 Å². The van der Waals surface area contributed by atoms with E-state index in [-0.39, 0.29) is 6.04 Å². The Kier molecular flexibility index (Phi) is 5.02. The number of methoxy groups -OCH3 is 1. The Morgan fingerprint density at radius 1 is 1.32 bits per heavy atom. The molecule has 0 fully saturated rings. The number of aryl methyl sites for hydroxylation is 2. The molecule has 1 N–H and O–H groups in total. The molecule has 0 radical (unpaired) electrons. The first kappa shape index (κ1) is 14.6. The van der Waals surface area contributed by atoms with Gasteiger partial charge in [-0.05, 0) is 49.9 Å². The molecule has 19 heavy (non-hydrogen) atoms. The highest BCUT2D eigenvalue weighted by molar-refractivity contribution is 7.13. The van der Waals surface area contributed by atoms with Crippen LogP contribution in [0.5, 0.6) is 5.75 Å². The highest BCUT2D eigenvalue weighted by Gasteiger charge is 2.22. The topological polar surface area (TPSA) is 21.3 Å². The van der Waals surface area contributed by atoms with E-state index in [1.165, 1.54) is 20.2 Å². The van der Waals surface area contributed by atoms with Crippen LogP contribution in [0.2, 0.25) is 0 Å². The summed E-state index contributed by atoms with van der Waals surface area (Å²) in [6, 6.07) is 4.57. The lowest BCUT2D eigenvalue weighted by molar-refractivity contribution is 0.407. The van der Waals surface area contributed by atoms with Crippen molar-refractivity contribution in [3.63, 3.8) is 0 Å². The van der Waals surface area contributed by atoms with Crippen molar-refractivity contribution in [2.45, 2.75) is 33.2 Å². The molecular formula is C15H21NOS2. The van der Waals surface area contributed by atoms with Crippen molar-refractivity contribution in [3.8, 4) is 5.75 Å². The summed E-state index contributed by atoms with van der Waals surface area (Å²) in [5, 5.41) is 5.76. The lowest BCUT2D eigenvalue weighted by Gasteiger charge is -2.18. The standard InChI is InChI=1S/C15H21NOS2/c1-5-7-16-13(14-10(2)9-11(3)19-14)15-12(17-4)6-8-18-15/h6,8-9,13,16H,5,7H2,1-4H3. The second-order valence-electron chi connectivity index (χ2n) is 4.64. The first-order valence-electron chi connectivity index (χ1n) is 6.59. The third-order valence-corrected chi connectivity index (χ3v) is 5.26. The summed E-state index contributed by atoms with van der Waals surface area (Å²) in [5.74, 6) is 0.990.